The van der Waals surface area contributed by atoms with Crippen molar-refractivity contribution in [3.63, 3.8) is 0 Å². The summed E-state index contributed by atoms with van der Waals surface area (Å²) < 4.78 is 5.94. The lowest BCUT2D eigenvalue weighted by molar-refractivity contribution is 0.0600. The number of halogens is 1. The van der Waals surface area contributed by atoms with Gasteiger partial charge in [-0.2, -0.15) is 0 Å². The summed E-state index contributed by atoms with van der Waals surface area (Å²) in [5, 5.41) is 0. The molecule has 1 aromatic carbocycles. The number of carbonyl (C=O) groups is 1. The molecular formula is C13H17IO2. The number of ether oxygens (including phenoxy) is 1. The van der Waals surface area contributed by atoms with Crippen molar-refractivity contribution < 1.29 is 9.53 Å². The van der Waals surface area contributed by atoms with Crippen molar-refractivity contribution in [1.82, 2.24) is 0 Å². The maximum Gasteiger partial charge on any atom is 0.337 e. The Hall–Kier alpha value is -0.580. The molecule has 0 saturated heterocycles. The van der Waals surface area contributed by atoms with E-state index in [2.05, 4.69) is 29.5 Å². The maximum atomic E-state index is 11.4. The summed E-state index contributed by atoms with van der Waals surface area (Å²) in [7, 11) is 1.41. The summed E-state index contributed by atoms with van der Waals surface area (Å²) in [4.78, 5) is 11.4. The molecule has 3 heteroatoms. The quantitative estimate of drug-likeness (QED) is 0.466. The van der Waals surface area contributed by atoms with Gasteiger partial charge in [0.15, 0.2) is 0 Å². The standard InChI is InChI=1S/C13H17IO2/c1-3-4-5-6-10-9-11(13(15)16-2)7-8-12(10)14/h7-9H,3-6H2,1-2H3. The lowest BCUT2D eigenvalue weighted by Gasteiger charge is -2.06. The Morgan fingerprint density at radius 1 is 1.38 bits per heavy atom. The lowest BCUT2D eigenvalue weighted by atomic mass is 10.0. The number of rotatable bonds is 5. The molecule has 0 aliphatic rings. The van der Waals surface area contributed by atoms with E-state index in [1.807, 2.05) is 18.2 Å². The molecule has 1 aromatic rings. The minimum Gasteiger partial charge on any atom is -0.465 e. The molecule has 0 bridgehead atoms. The van der Waals surface area contributed by atoms with Crippen LogP contribution < -0.4 is 0 Å². The zero-order chi connectivity index (χ0) is 12.0. The van der Waals surface area contributed by atoms with E-state index in [0.717, 1.165) is 6.42 Å². The first kappa shape index (κ1) is 13.5. The summed E-state index contributed by atoms with van der Waals surface area (Å²) in [6.45, 7) is 2.19. The number of unbranched alkanes of at least 4 members (excludes halogenated alkanes) is 2. The third-order valence-electron chi connectivity index (χ3n) is 2.52. The predicted octanol–water partition coefficient (Wildman–Crippen LogP) is 3.81. The van der Waals surface area contributed by atoms with Gasteiger partial charge < -0.3 is 4.74 Å². The van der Waals surface area contributed by atoms with E-state index in [1.54, 1.807) is 0 Å². The maximum absolute atomic E-state index is 11.4. The molecule has 0 N–H and O–H groups in total. The van der Waals surface area contributed by atoms with Crippen LogP contribution in [0.2, 0.25) is 0 Å². The summed E-state index contributed by atoms with van der Waals surface area (Å²) in [5.74, 6) is -0.256. The van der Waals surface area contributed by atoms with E-state index in [0.29, 0.717) is 5.56 Å². The second-order valence-electron chi connectivity index (χ2n) is 3.75. The highest BCUT2D eigenvalue weighted by Gasteiger charge is 2.08. The third-order valence-corrected chi connectivity index (χ3v) is 3.57. The van der Waals surface area contributed by atoms with Gasteiger partial charge in [-0.25, -0.2) is 4.79 Å². The lowest BCUT2D eigenvalue weighted by Crippen LogP contribution is -2.03. The number of benzene rings is 1. The van der Waals surface area contributed by atoms with Gasteiger partial charge >= 0.3 is 5.97 Å². The Kier molecular flexibility index (Phi) is 5.80. The van der Waals surface area contributed by atoms with E-state index >= 15 is 0 Å². The van der Waals surface area contributed by atoms with Crippen LogP contribution in [-0.4, -0.2) is 13.1 Å². The van der Waals surface area contributed by atoms with Crippen LogP contribution in [0.15, 0.2) is 18.2 Å². The Balaban J connectivity index is 2.78. The van der Waals surface area contributed by atoms with E-state index < -0.39 is 0 Å². The van der Waals surface area contributed by atoms with Gasteiger partial charge in [0.05, 0.1) is 12.7 Å². The third kappa shape index (κ3) is 3.77. The van der Waals surface area contributed by atoms with Crippen LogP contribution in [0.5, 0.6) is 0 Å². The highest BCUT2D eigenvalue weighted by molar-refractivity contribution is 14.1. The first-order chi connectivity index (χ1) is 7.69. The van der Waals surface area contributed by atoms with E-state index in [4.69, 9.17) is 4.74 Å². The Morgan fingerprint density at radius 2 is 2.12 bits per heavy atom. The van der Waals surface area contributed by atoms with Crippen LogP contribution in [0.25, 0.3) is 0 Å². The monoisotopic (exact) mass is 332 g/mol. The molecular weight excluding hydrogens is 315 g/mol. The zero-order valence-electron chi connectivity index (χ0n) is 9.75. The minimum atomic E-state index is -0.256. The summed E-state index contributed by atoms with van der Waals surface area (Å²) >= 11 is 2.31. The van der Waals surface area contributed by atoms with Crippen LogP contribution >= 0.6 is 22.6 Å². The van der Waals surface area contributed by atoms with Crippen LogP contribution in [-0.2, 0) is 11.2 Å². The van der Waals surface area contributed by atoms with E-state index in [9.17, 15) is 4.79 Å². The molecule has 0 saturated carbocycles. The highest BCUT2D eigenvalue weighted by atomic mass is 127. The van der Waals surface area contributed by atoms with Gasteiger partial charge in [0, 0.05) is 3.57 Å². The molecule has 0 amide bonds. The average molecular weight is 332 g/mol. The van der Waals surface area contributed by atoms with Gasteiger partial charge in [0.1, 0.15) is 0 Å². The van der Waals surface area contributed by atoms with Crippen LogP contribution in [0.3, 0.4) is 0 Å². The van der Waals surface area contributed by atoms with Crippen LogP contribution in [0, 0.1) is 3.57 Å². The van der Waals surface area contributed by atoms with Crippen molar-refractivity contribution in [1.29, 1.82) is 0 Å². The molecule has 88 valence electrons. The molecule has 0 heterocycles. The Morgan fingerprint density at radius 3 is 2.75 bits per heavy atom. The minimum absolute atomic E-state index is 0.256. The fraction of sp³-hybridized carbons (Fsp3) is 0.462. The van der Waals surface area contributed by atoms with Crippen molar-refractivity contribution in [2.75, 3.05) is 7.11 Å². The van der Waals surface area contributed by atoms with Gasteiger partial charge in [0.25, 0.3) is 0 Å². The summed E-state index contributed by atoms with van der Waals surface area (Å²) in [5.41, 5.74) is 1.89. The zero-order valence-corrected chi connectivity index (χ0v) is 11.9. The fourth-order valence-electron chi connectivity index (χ4n) is 1.58. The number of carbonyl (C=O) groups excluding carboxylic acids is 1. The number of esters is 1. The molecule has 0 aliphatic heterocycles. The molecule has 2 nitrogen and oxygen atoms in total. The van der Waals surface area contributed by atoms with Gasteiger partial charge in [0.2, 0.25) is 0 Å². The number of hydrogen-bond donors (Lipinski definition) is 0. The molecule has 16 heavy (non-hydrogen) atoms. The predicted molar refractivity (Wildman–Crippen MR) is 73.7 cm³/mol. The number of hydrogen-bond acceptors (Lipinski definition) is 2. The van der Waals surface area contributed by atoms with Crippen molar-refractivity contribution >= 4 is 28.6 Å². The Bertz CT molecular complexity index is 361. The SMILES string of the molecule is CCCCCc1cc(C(=O)OC)ccc1I. The largest absolute Gasteiger partial charge is 0.465 e. The van der Waals surface area contributed by atoms with Crippen molar-refractivity contribution in [3.8, 4) is 0 Å². The van der Waals surface area contributed by atoms with E-state index in [1.165, 1.54) is 35.5 Å². The van der Waals surface area contributed by atoms with Crippen molar-refractivity contribution in [3.05, 3.63) is 32.9 Å². The van der Waals surface area contributed by atoms with Crippen molar-refractivity contribution in [2.45, 2.75) is 32.6 Å². The first-order valence-electron chi connectivity index (χ1n) is 5.55. The van der Waals surface area contributed by atoms with Crippen LogP contribution in [0.4, 0.5) is 0 Å². The van der Waals surface area contributed by atoms with Gasteiger partial charge in [-0.3, -0.25) is 0 Å². The van der Waals surface area contributed by atoms with Crippen LogP contribution in [0.1, 0.15) is 42.1 Å². The average Bonchev–Trinajstić information content (AvgIpc) is 2.31. The molecule has 0 radical (unpaired) electrons. The normalized spacial score (nSPS) is 10.2. The smallest absolute Gasteiger partial charge is 0.337 e. The molecule has 0 aliphatic carbocycles. The number of aryl methyl sites for hydroxylation is 1. The molecule has 0 atom stereocenters. The molecule has 1 rings (SSSR count). The fourth-order valence-corrected chi connectivity index (χ4v) is 2.18. The molecule has 0 aromatic heterocycles. The second-order valence-corrected chi connectivity index (χ2v) is 4.92. The van der Waals surface area contributed by atoms with E-state index in [-0.39, 0.29) is 5.97 Å². The first-order valence-corrected chi connectivity index (χ1v) is 6.63. The van der Waals surface area contributed by atoms with Gasteiger partial charge in [-0.15, -0.1) is 0 Å². The number of methoxy groups -OCH3 is 1. The van der Waals surface area contributed by atoms with Gasteiger partial charge in [-0.05, 0) is 59.2 Å². The highest BCUT2D eigenvalue weighted by Crippen LogP contribution is 2.17. The summed E-state index contributed by atoms with van der Waals surface area (Å²) in [6.07, 6.45) is 4.67. The second kappa shape index (κ2) is 6.89. The molecule has 0 unspecified atom stereocenters. The van der Waals surface area contributed by atoms with Gasteiger partial charge in [-0.1, -0.05) is 19.8 Å². The molecule has 0 fully saturated rings. The Labute approximate surface area is 111 Å². The van der Waals surface area contributed by atoms with Crippen molar-refractivity contribution in [2.24, 2.45) is 0 Å². The summed E-state index contributed by atoms with van der Waals surface area (Å²) in [6, 6.07) is 5.74. The molecule has 0 spiro atoms. The topological polar surface area (TPSA) is 26.3 Å².